The van der Waals surface area contributed by atoms with Crippen LogP contribution < -0.4 is 4.74 Å². The number of nitrogens with zero attached hydrogens (tertiary/aromatic N) is 1. The van der Waals surface area contributed by atoms with Gasteiger partial charge in [0.15, 0.2) is 0 Å². The monoisotopic (exact) mass is 239 g/mol. The molecular weight excluding hydrogens is 230 g/mol. The quantitative estimate of drug-likeness (QED) is 0.814. The molecule has 0 saturated carbocycles. The zero-order chi connectivity index (χ0) is 10.7. The van der Waals surface area contributed by atoms with Gasteiger partial charge in [0.25, 0.3) is 0 Å². The summed E-state index contributed by atoms with van der Waals surface area (Å²) in [6, 6.07) is 5.88. The number of aromatic nitrogens is 1. The third-order valence-corrected chi connectivity index (χ3v) is 3.09. The smallest absolute Gasteiger partial charge is 0.139 e. The molecular formula is C11H10ClNOS. The summed E-state index contributed by atoms with van der Waals surface area (Å²) in [7, 11) is 0. The maximum absolute atomic E-state index is 5.57. The van der Waals surface area contributed by atoms with Gasteiger partial charge in [-0.1, -0.05) is 17.7 Å². The fraction of sp³-hybridized carbons (Fsp3) is 0.182. The fourth-order valence-electron chi connectivity index (χ4n) is 1.32. The van der Waals surface area contributed by atoms with Gasteiger partial charge in [0, 0.05) is 5.54 Å². The second kappa shape index (κ2) is 4.64. The largest absolute Gasteiger partial charge is 0.488 e. The van der Waals surface area contributed by atoms with Gasteiger partial charge in [-0.3, -0.25) is 0 Å². The Kier molecular flexibility index (Phi) is 3.23. The Balaban J connectivity index is 2.33. The zero-order valence-corrected chi connectivity index (χ0v) is 9.81. The fourth-order valence-corrected chi connectivity index (χ4v) is 2.28. The molecule has 0 fully saturated rings. The molecule has 78 valence electrons. The molecule has 1 heterocycles. The predicted octanol–water partition coefficient (Wildman–Crippen LogP) is 3.74. The lowest BCUT2D eigenvalue weighted by molar-refractivity contribution is 0.368. The molecule has 1 aromatic carbocycles. The summed E-state index contributed by atoms with van der Waals surface area (Å²) in [4.78, 5) is 4.40. The van der Waals surface area contributed by atoms with E-state index < -0.39 is 0 Å². The van der Waals surface area contributed by atoms with Crippen LogP contribution in [0.2, 0.25) is 0 Å². The van der Waals surface area contributed by atoms with Crippen molar-refractivity contribution in [2.24, 2.45) is 0 Å². The first-order valence-electron chi connectivity index (χ1n) is 4.55. The molecule has 0 spiro atoms. The van der Waals surface area contributed by atoms with E-state index in [0.29, 0.717) is 6.61 Å². The second-order valence-electron chi connectivity index (χ2n) is 3.01. The van der Waals surface area contributed by atoms with Crippen LogP contribution in [0.25, 0.3) is 10.2 Å². The Bertz CT molecular complexity index is 492. The molecule has 0 bridgehead atoms. The maximum atomic E-state index is 5.57. The molecule has 4 heteroatoms. The van der Waals surface area contributed by atoms with Crippen molar-refractivity contribution < 1.29 is 4.74 Å². The van der Waals surface area contributed by atoms with Crippen LogP contribution in [0, 0.1) is 6.92 Å². The van der Waals surface area contributed by atoms with Gasteiger partial charge in [0.1, 0.15) is 12.4 Å². The lowest BCUT2D eigenvalue weighted by Gasteiger charge is -2.02. The Morgan fingerprint density at radius 2 is 2.40 bits per heavy atom. The van der Waals surface area contributed by atoms with E-state index in [1.54, 1.807) is 17.4 Å². The molecule has 0 radical (unpaired) electrons. The van der Waals surface area contributed by atoms with Crippen molar-refractivity contribution in [3.63, 3.8) is 0 Å². The minimum Gasteiger partial charge on any atom is -0.488 e. The number of hydrogen-bond donors (Lipinski definition) is 0. The van der Waals surface area contributed by atoms with E-state index in [9.17, 15) is 0 Å². The van der Waals surface area contributed by atoms with E-state index in [-0.39, 0.29) is 0 Å². The summed E-state index contributed by atoms with van der Waals surface area (Å²) in [5, 5.41) is 1.05. The highest BCUT2D eigenvalue weighted by Gasteiger charge is 2.05. The van der Waals surface area contributed by atoms with Crippen molar-refractivity contribution in [3.8, 4) is 5.75 Å². The number of aryl methyl sites for hydroxylation is 1. The first-order chi connectivity index (χ1) is 7.31. The molecule has 0 N–H and O–H groups in total. The van der Waals surface area contributed by atoms with E-state index in [2.05, 4.69) is 4.98 Å². The number of ether oxygens (including phenoxy) is 1. The van der Waals surface area contributed by atoms with E-state index in [4.69, 9.17) is 16.3 Å². The Morgan fingerprint density at radius 1 is 1.53 bits per heavy atom. The van der Waals surface area contributed by atoms with E-state index in [0.717, 1.165) is 21.0 Å². The first-order valence-corrected chi connectivity index (χ1v) is 5.81. The topological polar surface area (TPSA) is 22.1 Å². The molecule has 0 saturated heterocycles. The van der Waals surface area contributed by atoms with E-state index in [1.165, 1.54) is 5.54 Å². The molecule has 0 aliphatic rings. The van der Waals surface area contributed by atoms with E-state index in [1.807, 2.05) is 25.1 Å². The van der Waals surface area contributed by atoms with Crippen LogP contribution in [0.15, 0.2) is 29.8 Å². The number of hydrogen-bond acceptors (Lipinski definition) is 3. The summed E-state index contributed by atoms with van der Waals surface area (Å²) in [6.45, 7) is 2.48. The molecule has 0 amide bonds. The minimum absolute atomic E-state index is 0.486. The van der Waals surface area contributed by atoms with Crippen LogP contribution in [0.1, 0.15) is 5.01 Å². The summed E-state index contributed by atoms with van der Waals surface area (Å²) in [6.07, 6.45) is 1.76. The van der Waals surface area contributed by atoms with Crippen LogP contribution in [0.5, 0.6) is 5.75 Å². The van der Waals surface area contributed by atoms with Gasteiger partial charge >= 0.3 is 0 Å². The molecule has 0 atom stereocenters. The van der Waals surface area contributed by atoms with Gasteiger partial charge in [-0.15, -0.1) is 11.3 Å². The van der Waals surface area contributed by atoms with E-state index >= 15 is 0 Å². The average Bonchev–Trinajstić information content (AvgIpc) is 2.59. The molecule has 0 aliphatic carbocycles. The van der Waals surface area contributed by atoms with Crippen LogP contribution in [-0.4, -0.2) is 11.6 Å². The van der Waals surface area contributed by atoms with Crippen molar-refractivity contribution in [2.75, 3.05) is 6.61 Å². The molecule has 15 heavy (non-hydrogen) atoms. The number of fused-ring (bicyclic) bond motifs is 1. The van der Waals surface area contributed by atoms with Gasteiger partial charge < -0.3 is 4.74 Å². The van der Waals surface area contributed by atoms with Gasteiger partial charge in [0.2, 0.25) is 0 Å². The van der Waals surface area contributed by atoms with Crippen molar-refractivity contribution in [3.05, 3.63) is 34.8 Å². The number of benzene rings is 1. The number of thiazole rings is 1. The van der Waals surface area contributed by atoms with Crippen molar-refractivity contribution >= 4 is 33.2 Å². The number of rotatable bonds is 3. The Hall–Kier alpha value is -1.06. The van der Waals surface area contributed by atoms with Gasteiger partial charge in [0.05, 0.1) is 15.2 Å². The Morgan fingerprint density at radius 3 is 3.20 bits per heavy atom. The van der Waals surface area contributed by atoms with Crippen molar-refractivity contribution in [2.45, 2.75) is 6.92 Å². The second-order valence-corrected chi connectivity index (χ2v) is 4.47. The van der Waals surface area contributed by atoms with Crippen molar-refractivity contribution in [1.82, 2.24) is 4.98 Å². The van der Waals surface area contributed by atoms with Gasteiger partial charge in [-0.05, 0) is 25.1 Å². The Labute approximate surface area is 97.2 Å². The highest BCUT2D eigenvalue weighted by Crippen LogP contribution is 2.30. The van der Waals surface area contributed by atoms with Crippen LogP contribution >= 0.6 is 22.9 Å². The molecule has 0 unspecified atom stereocenters. The summed E-state index contributed by atoms with van der Waals surface area (Å²) < 4.78 is 6.67. The normalized spacial score (nSPS) is 11.3. The standard InChI is InChI=1S/C11H10ClNOS/c1-8-13-9-4-2-5-10(11(9)15-8)14-7-3-6-12/h2-6H,7H2,1H3/b6-3-. The lowest BCUT2D eigenvalue weighted by atomic mass is 10.3. The summed E-state index contributed by atoms with van der Waals surface area (Å²) >= 11 is 7.06. The zero-order valence-electron chi connectivity index (χ0n) is 8.24. The van der Waals surface area contributed by atoms with Gasteiger partial charge in [-0.25, -0.2) is 4.98 Å². The highest BCUT2D eigenvalue weighted by atomic mass is 35.5. The third kappa shape index (κ3) is 2.30. The van der Waals surface area contributed by atoms with Crippen LogP contribution in [-0.2, 0) is 0 Å². The predicted molar refractivity (Wildman–Crippen MR) is 64.8 cm³/mol. The third-order valence-electron chi connectivity index (χ3n) is 1.91. The molecule has 1 aromatic heterocycles. The average molecular weight is 240 g/mol. The first kappa shape index (κ1) is 10.5. The highest BCUT2D eigenvalue weighted by molar-refractivity contribution is 7.18. The minimum atomic E-state index is 0.486. The van der Waals surface area contributed by atoms with Crippen LogP contribution in [0.3, 0.4) is 0 Å². The SMILES string of the molecule is Cc1nc2cccc(OC/C=C\Cl)c2s1. The lowest BCUT2D eigenvalue weighted by Crippen LogP contribution is -1.92. The van der Waals surface area contributed by atoms with Crippen LogP contribution in [0.4, 0.5) is 0 Å². The summed E-state index contributed by atoms with van der Waals surface area (Å²) in [5.74, 6) is 0.868. The maximum Gasteiger partial charge on any atom is 0.139 e. The summed E-state index contributed by atoms with van der Waals surface area (Å²) in [5.41, 5.74) is 2.45. The molecule has 0 aliphatic heterocycles. The van der Waals surface area contributed by atoms with Gasteiger partial charge in [-0.2, -0.15) is 0 Å². The molecule has 2 aromatic rings. The number of halogens is 1. The molecule has 2 rings (SSSR count). The van der Waals surface area contributed by atoms with Crippen molar-refractivity contribution in [1.29, 1.82) is 0 Å². The molecule has 2 nitrogen and oxygen atoms in total.